The number of hydrogen-bond donors (Lipinski definition) is 2. The van der Waals surface area contributed by atoms with Crippen LogP contribution in [0.1, 0.15) is 30.9 Å². The summed E-state index contributed by atoms with van der Waals surface area (Å²) in [5.41, 5.74) is 3.67. The summed E-state index contributed by atoms with van der Waals surface area (Å²) in [6.45, 7) is 6.99. The van der Waals surface area contributed by atoms with E-state index in [0.29, 0.717) is 6.04 Å². The van der Waals surface area contributed by atoms with Crippen molar-refractivity contribution in [1.29, 1.82) is 0 Å². The molecule has 2 aromatic carbocycles. The lowest BCUT2D eigenvalue weighted by Gasteiger charge is -2.33. The number of likely N-dealkylation sites (tertiary alicyclic amines) is 1. The second-order valence-electron chi connectivity index (χ2n) is 8.32. The molecule has 0 aliphatic carbocycles. The van der Waals surface area contributed by atoms with Gasteiger partial charge >= 0.3 is 0 Å². The monoisotopic (exact) mass is 558 g/mol. The summed E-state index contributed by atoms with van der Waals surface area (Å²) in [7, 11) is 0. The van der Waals surface area contributed by atoms with Crippen molar-refractivity contribution in [2.75, 3.05) is 26.2 Å². The van der Waals surface area contributed by atoms with Gasteiger partial charge in [-0.3, -0.25) is 9.89 Å². The number of aliphatic imine (C=N–C) groups is 1. The van der Waals surface area contributed by atoms with E-state index in [1.165, 1.54) is 11.1 Å². The molecule has 176 valence electrons. The lowest BCUT2D eigenvalue weighted by Crippen LogP contribution is -2.48. The van der Waals surface area contributed by atoms with Gasteiger partial charge in [-0.1, -0.05) is 48.5 Å². The molecule has 0 spiro atoms. The van der Waals surface area contributed by atoms with Gasteiger partial charge in [-0.15, -0.1) is 24.0 Å². The number of halogens is 1. The zero-order chi connectivity index (χ0) is 22.0. The van der Waals surface area contributed by atoms with Crippen LogP contribution in [0.5, 0.6) is 0 Å². The molecule has 2 N–H and O–H groups in total. The molecule has 6 nitrogen and oxygen atoms in total. The molecule has 1 aliphatic heterocycles. The lowest BCUT2D eigenvalue weighted by atomic mass is 10.0. The van der Waals surface area contributed by atoms with Crippen molar-refractivity contribution in [3.05, 3.63) is 84.2 Å². The van der Waals surface area contributed by atoms with E-state index in [-0.39, 0.29) is 24.0 Å². The Balaban J connectivity index is 0.00000306. The number of aromatic nitrogens is 2. The maximum Gasteiger partial charge on any atom is 0.191 e. The predicted molar refractivity (Wildman–Crippen MR) is 147 cm³/mol. The molecule has 0 unspecified atom stereocenters. The van der Waals surface area contributed by atoms with Crippen LogP contribution in [0.3, 0.4) is 0 Å². The van der Waals surface area contributed by atoms with Crippen LogP contribution in [0.25, 0.3) is 5.69 Å². The second kappa shape index (κ2) is 13.3. The minimum Gasteiger partial charge on any atom is -0.357 e. The first-order valence-electron chi connectivity index (χ1n) is 11.7. The molecule has 1 aromatic heterocycles. The zero-order valence-corrected chi connectivity index (χ0v) is 21.7. The Morgan fingerprint density at radius 1 is 1.00 bits per heavy atom. The van der Waals surface area contributed by atoms with Gasteiger partial charge in [-0.2, -0.15) is 5.10 Å². The van der Waals surface area contributed by atoms with Crippen LogP contribution >= 0.6 is 24.0 Å². The van der Waals surface area contributed by atoms with E-state index >= 15 is 0 Å². The Labute approximate surface area is 214 Å². The number of rotatable bonds is 8. The Hall–Kier alpha value is -2.39. The first kappa shape index (κ1) is 25.2. The van der Waals surface area contributed by atoms with Crippen LogP contribution in [0.2, 0.25) is 0 Å². The van der Waals surface area contributed by atoms with Crippen molar-refractivity contribution in [1.82, 2.24) is 25.3 Å². The van der Waals surface area contributed by atoms with Gasteiger partial charge in [0.05, 0.1) is 11.9 Å². The molecule has 4 rings (SSSR count). The number of nitrogens with one attached hydrogen (secondary N) is 2. The van der Waals surface area contributed by atoms with Crippen molar-refractivity contribution < 1.29 is 0 Å². The molecule has 0 atom stereocenters. The highest BCUT2D eigenvalue weighted by Gasteiger charge is 2.20. The minimum absolute atomic E-state index is 0. The SMILES string of the molecule is CCNC(=NCCc1cnn(-c2ccccc2)c1)NC1CCN(Cc2ccccc2)CC1.I. The van der Waals surface area contributed by atoms with E-state index in [1.807, 2.05) is 29.1 Å². The number of piperidine rings is 1. The Morgan fingerprint density at radius 3 is 2.39 bits per heavy atom. The van der Waals surface area contributed by atoms with Crippen molar-refractivity contribution in [2.45, 2.75) is 38.8 Å². The molecule has 0 amide bonds. The van der Waals surface area contributed by atoms with Crippen LogP contribution in [0.4, 0.5) is 0 Å². The Kier molecular flexibility index (Phi) is 10.2. The third kappa shape index (κ3) is 7.85. The van der Waals surface area contributed by atoms with Crippen molar-refractivity contribution in [3.8, 4) is 5.69 Å². The topological polar surface area (TPSA) is 57.5 Å². The normalized spacial score (nSPS) is 15.1. The summed E-state index contributed by atoms with van der Waals surface area (Å²) in [5, 5.41) is 11.5. The zero-order valence-electron chi connectivity index (χ0n) is 19.4. The van der Waals surface area contributed by atoms with Gasteiger partial charge in [-0.25, -0.2) is 4.68 Å². The van der Waals surface area contributed by atoms with Crippen LogP contribution in [-0.2, 0) is 13.0 Å². The summed E-state index contributed by atoms with van der Waals surface area (Å²) in [4.78, 5) is 7.36. The van der Waals surface area contributed by atoms with Gasteiger partial charge in [-0.05, 0) is 49.4 Å². The van der Waals surface area contributed by atoms with Crippen LogP contribution in [0.15, 0.2) is 78.0 Å². The predicted octanol–water partition coefficient (Wildman–Crippen LogP) is 4.25. The maximum absolute atomic E-state index is 4.82. The highest BCUT2D eigenvalue weighted by molar-refractivity contribution is 14.0. The van der Waals surface area contributed by atoms with Crippen LogP contribution in [0, 0.1) is 0 Å². The number of para-hydroxylation sites is 1. The van der Waals surface area contributed by atoms with Gasteiger partial charge in [0.15, 0.2) is 5.96 Å². The van der Waals surface area contributed by atoms with Gasteiger partial charge in [0.25, 0.3) is 0 Å². The Bertz CT molecular complexity index is 965. The molecule has 3 aromatic rings. The first-order chi connectivity index (χ1) is 15.8. The third-order valence-corrected chi connectivity index (χ3v) is 5.85. The number of nitrogens with zero attached hydrogens (tertiary/aromatic N) is 4. The molecular formula is C26H35IN6. The van der Waals surface area contributed by atoms with Crippen molar-refractivity contribution >= 4 is 29.9 Å². The van der Waals surface area contributed by atoms with E-state index in [9.17, 15) is 0 Å². The Morgan fingerprint density at radius 2 is 1.70 bits per heavy atom. The van der Waals surface area contributed by atoms with E-state index in [4.69, 9.17) is 4.99 Å². The standard InChI is InChI=1S/C26H34N6.HI/c1-2-27-26(28-16-13-23-19-29-32(21-23)25-11-7-4-8-12-25)30-24-14-17-31(18-15-24)20-22-9-5-3-6-10-22;/h3-12,19,21,24H,2,13-18,20H2,1H3,(H2,27,28,30);1H. The van der Waals surface area contributed by atoms with Crippen LogP contribution in [-0.4, -0.2) is 52.9 Å². The molecule has 1 aliphatic rings. The molecule has 1 fully saturated rings. The number of guanidine groups is 1. The summed E-state index contributed by atoms with van der Waals surface area (Å²) >= 11 is 0. The smallest absolute Gasteiger partial charge is 0.191 e. The van der Waals surface area contributed by atoms with E-state index in [1.54, 1.807) is 0 Å². The van der Waals surface area contributed by atoms with E-state index < -0.39 is 0 Å². The van der Waals surface area contributed by atoms with Gasteiger partial charge in [0, 0.05) is 45.0 Å². The average molecular weight is 559 g/mol. The van der Waals surface area contributed by atoms with Gasteiger partial charge in [0.2, 0.25) is 0 Å². The molecule has 2 heterocycles. The summed E-state index contributed by atoms with van der Waals surface area (Å²) in [6, 6.07) is 21.4. The average Bonchev–Trinajstić information content (AvgIpc) is 3.31. The fourth-order valence-electron chi connectivity index (χ4n) is 4.10. The highest BCUT2D eigenvalue weighted by atomic mass is 127. The minimum atomic E-state index is 0. The van der Waals surface area contributed by atoms with E-state index in [2.05, 4.69) is 76.2 Å². The van der Waals surface area contributed by atoms with Crippen molar-refractivity contribution in [2.24, 2.45) is 4.99 Å². The fourth-order valence-corrected chi connectivity index (χ4v) is 4.10. The maximum atomic E-state index is 4.82. The molecule has 0 bridgehead atoms. The molecule has 1 saturated heterocycles. The number of hydrogen-bond acceptors (Lipinski definition) is 3. The van der Waals surface area contributed by atoms with Crippen molar-refractivity contribution in [3.63, 3.8) is 0 Å². The second-order valence-corrected chi connectivity index (χ2v) is 8.32. The largest absolute Gasteiger partial charge is 0.357 e. The molecule has 0 radical (unpaired) electrons. The van der Waals surface area contributed by atoms with Gasteiger partial charge < -0.3 is 10.6 Å². The summed E-state index contributed by atoms with van der Waals surface area (Å²) in [5.74, 6) is 0.921. The van der Waals surface area contributed by atoms with Crippen LogP contribution < -0.4 is 10.6 Å². The van der Waals surface area contributed by atoms with E-state index in [0.717, 1.165) is 63.6 Å². The molecule has 7 heteroatoms. The summed E-state index contributed by atoms with van der Waals surface area (Å²) < 4.78 is 1.92. The lowest BCUT2D eigenvalue weighted by molar-refractivity contribution is 0.198. The summed E-state index contributed by atoms with van der Waals surface area (Å²) in [6.07, 6.45) is 7.18. The molecule has 33 heavy (non-hydrogen) atoms. The molecule has 0 saturated carbocycles. The highest BCUT2D eigenvalue weighted by Crippen LogP contribution is 2.14. The quantitative estimate of drug-likeness (QED) is 0.247. The van der Waals surface area contributed by atoms with Gasteiger partial charge in [0.1, 0.15) is 0 Å². The fraction of sp³-hybridized carbons (Fsp3) is 0.385. The molecular weight excluding hydrogens is 523 g/mol. The third-order valence-electron chi connectivity index (χ3n) is 5.85. The number of benzene rings is 2. The first-order valence-corrected chi connectivity index (χ1v) is 11.7.